The topological polar surface area (TPSA) is 52.0 Å². The van der Waals surface area contributed by atoms with Crippen molar-refractivity contribution in [3.8, 4) is 0 Å². The number of nitrogen functional groups attached to an aromatic ring is 2. The summed E-state index contributed by atoms with van der Waals surface area (Å²) in [5, 5.41) is 0. The average Bonchev–Trinajstić information content (AvgIpc) is 2.45. The minimum absolute atomic E-state index is 0.681. The highest BCUT2D eigenvalue weighted by molar-refractivity contribution is 9.14. The number of rotatable bonds is 3. The minimum Gasteiger partial charge on any atom is -0.399 e. The van der Waals surface area contributed by atoms with E-state index in [1.807, 2.05) is 12.1 Å². The lowest BCUT2D eigenvalue weighted by Gasteiger charge is -2.14. The van der Waals surface area contributed by atoms with Gasteiger partial charge in [-0.1, -0.05) is 12.1 Å². The van der Waals surface area contributed by atoms with Crippen molar-refractivity contribution in [1.29, 1.82) is 0 Å². The zero-order chi connectivity index (χ0) is 14.9. The molecule has 0 spiro atoms. The Balaban J connectivity index is 2.28. The highest BCUT2D eigenvalue weighted by atomic mass is 79.9. The number of aryl methyl sites for hydroxylation is 1. The second-order valence-corrected chi connectivity index (χ2v) is 7.56. The van der Waals surface area contributed by atoms with Crippen LogP contribution in [-0.2, 0) is 12.8 Å². The monoisotopic (exact) mass is 524 g/mol. The third-order valence-corrected chi connectivity index (χ3v) is 7.49. The molecular formula is C14H12Br4N2. The van der Waals surface area contributed by atoms with Crippen LogP contribution < -0.4 is 11.5 Å². The van der Waals surface area contributed by atoms with Gasteiger partial charge in [-0.05, 0) is 99.8 Å². The molecule has 0 fully saturated rings. The Hall–Kier alpha value is -0.0400. The maximum absolute atomic E-state index is 6.01. The number of hydrogen-bond donors (Lipinski definition) is 2. The van der Waals surface area contributed by atoms with E-state index in [9.17, 15) is 0 Å². The Morgan fingerprint density at radius 3 is 1.70 bits per heavy atom. The quantitative estimate of drug-likeness (QED) is 0.398. The minimum atomic E-state index is 0.681. The van der Waals surface area contributed by atoms with E-state index in [4.69, 9.17) is 11.5 Å². The van der Waals surface area contributed by atoms with Crippen LogP contribution in [-0.4, -0.2) is 0 Å². The molecule has 0 radical (unpaired) electrons. The van der Waals surface area contributed by atoms with Crippen LogP contribution in [0.4, 0.5) is 11.4 Å². The fraction of sp³-hybridized carbons (Fsp3) is 0.143. The molecule has 2 nitrogen and oxygen atoms in total. The second-order valence-electron chi connectivity index (χ2n) is 4.39. The summed E-state index contributed by atoms with van der Waals surface area (Å²) in [5.41, 5.74) is 15.6. The van der Waals surface area contributed by atoms with Crippen molar-refractivity contribution in [1.82, 2.24) is 0 Å². The van der Waals surface area contributed by atoms with E-state index in [1.165, 1.54) is 11.1 Å². The first-order valence-electron chi connectivity index (χ1n) is 5.86. The van der Waals surface area contributed by atoms with Gasteiger partial charge in [-0.3, -0.25) is 0 Å². The Kier molecular flexibility index (Phi) is 5.56. The lowest BCUT2D eigenvalue weighted by atomic mass is 10.0. The van der Waals surface area contributed by atoms with Gasteiger partial charge in [0.05, 0.1) is 14.6 Å². The van der Waals surface area contributed by atoms with E-state index < -0.39 is 0 Å². The van der Waals surface area contributed by atoms with Crippen molar-refractivity contribution in [3.63, 3.8) is 0 Å². The molecule has 0 aliphatic heterocycles. The Morgan fingerprint density at radius 1 is 0.700 bits per heavy atom. The molecule has 0 aliphatic carbocycles. The van der Waals surface area contributed by atoms with Gasteiger partial charge in [-0.15, -0.1) is 0 Å². The van der Waals surface area contributed by atoms with Crippen LogP contribution >= 0.6 is 63.7 Å². The molecule has 20 heavy (non-hydrogen) atoms. The molecule has 0 bridgehead atoms. The Bertz CT molecular complexity index is 610. The molecule has 0 saturated carbocycles. The van der Waals surface area contributed by atoms with Crippen LogP contribution in [0.25, 0.3) is 0 Å². The molecule has 2 aromatic rings. The summed E-state index contributed by atoms with van der Waals surface area (Å²) in [6.45, 7) is 0. The fourth-order valence-corrected chi connectivity index (χ4v) is 4.49. The van der Waals surface area contributed by atoms with Crippen molar-refractivity contribution >= 4 is 75.1 Å². The highest BCUT2D eigenvalue weighted by Gasteiger charge is 2.16. The van der Waals surface area contributed by atoms with E-state index in [1.54, 1.807) is 0 Å². The Morgan fingerprint density at radius 2 is 1.20 bits per heavy atom. The standard InChI is InChI=1S/C14H12Br4N2/c15-10-9(11(16)13(18)14(20)12(10)17)6-3-7-1-4-8(19)5-2-7/h1-2,4-5H,3,6,19-20H2. The lowest BCUT2D eigenvalue weighted by molar-refractivity contribution is 0.946. The van der Waals surface area contributed by atoms with E-state index in [0.29, 0.717) is 5.69 Å². The van der Waals surface area contributed by atoms with Gasteiger partial charge in [-0.25, -0.2) is 0 Å². The van der Waals surface area contributed by atoms with Gasteiger partial charge in [0.2, 0.25) is 0 Å². The number of benzene rings is 2. The van der Waals surface area contributed by atoms with Gasteiger partial charge in [-0.2, -0.15) is 0 Å². The van der Waals surface area contributed by atoms with Crippen LogP contribution in [0.1, 0.15) is 11.1 Å². The van der Waals surface area contributed by atoms with Crippen molar-refractivity contribution in [2.24, 2.45) is 0 Å². The summed E-state index contributed by atoms with van der Waals surface area (Å²) in [7, 11) is 0. The normalized spacial score (nSPS) is 10.8. The molecule has 0 aromatic heterocycles. The molecule has 2 rings (SSSR count). The van der Waals surface area contributed by atoms with Gasteiger partial charge in [0.1, 0.15) is 0 Å². The predicted molar refractivity (Wildman–Crippen MR) is 99.9 cm³/mol. The zero-order valence-corrected chi connectivity index (χ0v) is 16.7. The number of hydrogen-bond acceptors (Lipinski definition) is 2. The zero-order valence-electron chi connectivity index (χ0n) is 10.4. The van der Waals surface area contributed by atoms with Crippen LogP contribution in [0.2, 0.25) is 0 Å². The van der Waals surface area contributed by atoms with Gasteiger partial charge >= 0.3 is 0 Å². The third-order valence-electron chi connectivity index (χ3n) is 3.03. The summed E-state index contributed by atoms with van der Waals surface area (Å²) >= 11 is 14.2. The van der Waals surface area contributed by atoms with Crippen molar-refractivity contribution in [2.75, 3.05) is 11.5 Å². The largest absolute Gasteiger partial charge is 0.399 e. The van der Waals surface area contributed by atoms with E-state index in [0.717, 1.165) is 36.4 Å². The molecule has 0 amide bonds. The molecule has 4 N–H and O–H groups in total. The molecule has 0 unspecified atom stereocenters. The first kappa shape index (κ1) is 16.3. The predicted octanol–water partition coefficient (Wildman–Crippen LogP) is 5.69. The molecule has 2 aromatic carbocycles. The van der Waals surface area contributed by atoms with Crippen LogP contribution in [0.3, 0.4) is 0 Å². The van der Waals surface area contributed by atoms with Crippen LogP contribution in [0, 0.1) is 0 Å². The summed E-state index contributed by atoms with van der Waals surface area (Å²) in [6.07, 6.45) is 1.82. The third kappa shape index (κ3) is 3.40. The van der Waals surface area contributed by atoms with Crippen molar-refractivity contribution < 1.29 is 0 Å². The van der Waals surface area contributed by atoms with E-state index >= 15 is 0 Å². The maximum atomic E-state index is 6.01. The van der Waals surface area contributed by atoms with Crippen LogP contribution in [0.15, 0.2) is 42.2 Å². The molecule has 6 heteroatoms. The second kappa shape index (κ2) is 6.81. The maximum Gasteiger partial charge on any atom is 0.0626 e. The lowest BCUT2D eigenvalue weighted by Crippen LogP contribution is -1.99. The number of nitrogens with two attached hydrogens (primary N) is 2. The molecular weight excluding hydrogens is 516 g/mol. The van der Waals surface area contributed by atoms with Gasteiger partial charge in [0.15, 0.2) is 0 Å². The van der Waals surface area contributed by atoms with Crippen molar-refractivity contribution in [3.05, 3.63) is 53.3 Å². The fourth-order valence-electron chi connectivity index (χ4n) is 1.87. The molecule has 0 heterocycles. The molecule has 0 aliphatic rings. The smallest absolute Gasteiger partial charge is 0.0626 e. The van der Waals surface area contributed by atoms with Gasteiger partial charge < -0.3 is 11.5 Å². The van der Waals surface area contributed by atoms with E-state index in [-0.39, 0.29) is 0 Å². The van der Waals surface area contributed by atoms with Gasteiger partial charge in [0, 0.05) is 14.6 Å². The van der Waals surface area contributed by atoms with E-state index in [2.05, 4.69) is 75.9 Å². The number of halogens is 4. The molecule has 0 saturated heterocycles. The van der Waals surface area contributed by atoms with Crippen molar-refractivity contribution in [2.45, 2.75) is 12.8 Å². The molecule has 106 valence electrons. The summed E-state index contributed by atoms with van der Waals surface area (Å²) < 4.78 is 3.72. The van der Waals surface area contributed by atoms with Crippen LogP contribution in [0.5, 0.6) is 0 Å². The highest BCUT2D eigenvalue weighted by Crippen LogP contribution is 2.43. The Labute approximate surface area is 151 Å². The first-order valence-corrected chi connectivity index (χ1v) is 9.03. The first-order chi connectivity index (χ1) is 9.41. The average molecular weight is 528 g/mol. The van der Waals surface area contributed by atoms with Gasteiger partial charge in [0.25, 0.3) is 0 Å². The summed E-state index contributed by atoms with van der Waals surface area (Å²) in [6, 6.07) is 7.96. The molecule has 0 atom stereocenters. The summed E-state index contributed by atoms with van der Waals surface area (Å²) in [4.78, 5) is 0. The SMILES string of the molecule is Nc1ccc(CCc2c(Br)c(Br)c(N)c(Br)c2Br)cc1. The summed E-state index contributed by atoms with van der Waals surface area (Å²) in [5.74, 6) is 0. The number of anilines is 2.